The summed E-state index contributed by atoms with van der Waals surface area (Å²) in [5.41, 5.74) is 0. The molecule has 1 aromatic rings. The minimum Gasteiger partial charge on any atom is -0.479 e. The van der Waals surface area contributed by atoms with E-state index >= 15 is 0 Å². The first-order valence-corrected chi connectivity index (χ1v) is 8.46. The zero-order chi connectivity index (χ0) is 15.7. The first kappa shape index (κ1) is 18.7. The van der Waals surface area contributed by atoms with E-state index in [1.54, 1.807) is 25.1 Å². The third-order valence-electron chi connectivity index (χ3n) is 4.45. The van der Waals surface area contributed by atoms with Crippen LogP contribution in [-0.2, 0) is 4.79 Å². The number of nitrogens with zero attached hydrogens (tertiary/aromatic N) is 1. The molecule has 2 fully saturated rings. The molecule has 4 nitrogen and oxygen atoms in total. The van der Waals surface area contributed by atoms with E-state index in [1.807, 2.05) is 4.90 Å². The molecule has 2 aliphatic rings. The smallest absolute Gasteiger partial charge is 0.263 e. The van der Waals surface area contributed by atoms with Crippen molar-refractivity contribution in [3.63, 3.8) is 0 Å². The molecule has 1 N–H and O–H groups in total. The van der Waals surface area contributed by atoms with Gasteiger partial charge in [-0.15, -0.1) is 12.4 Å². The fraction of sp³-hybridized carbons (Fsp3) is 0.562. The summed E-state index contributed by atoms with van der Waals surface area (Å²) >= 11 is 12.0. The molecule has 2 bridgehead atoms. The van der Waals surface area contributed by atoms with Gasteiger partial charge in [0, 0.05) is 23.7 Å². The zero-order valence-electron chi connectivity index (χ0n) is 12.9. The van der Waals surface area contributed by atoms with Crippen molar-refractivity contribution in [2.24, 2.45) is 0 Å². The third-order valence-corrected chi connectivity index (χ3v) is 4.98. The lowest BCUT2D eigenvalue weighted by molar-refractivity contribution is -0.140. The van der Waals surface area contributed by atoms with E-state index in [2.05, 4.69) is 5.32 Å². The Labute approximate surface area is 152 Å². The minimum absolute atomic E-state index is 0. The van der Waals surface area contributed by atoms with E-state index < -0.39 is 6.10 Å². The van der Waals surface area contributed by atoms with Crippen molar-refractivity contribution in [1.29, 1.82) is 0 Å². The van der Waals surface area contributed by atoms with Gasteiger partial charge >= 0.3 is 0 Å². The Morgan fingerprint density at radius 3 is 2.78 bits per heavy atom. The number of rotatable bonds is 3. The number of nitrogens with one attached hydrogen (secondary N) is 1. The van der Waals surface area contributed by atoms with E-state index in [1.165, 1.54) is 0 Å². The topological polar surface area (TPSA) is 41.6 Å². The first-order valence-electron chi connectivity index (χ1n) is 7.71. The molecule has 3 rings (SSSR count). The molecule has 1 aromatic carbocycles. The molecule has 2 heterocycles. The number of amides is 1. The van der Waals surface area contributed by atoms with Gasteiger partial charge in [-0.05, 0) is 50.9 Å². The number of hydrogen-bond donors (Lipinski definition) is 1. The normalized spacial score (nSPS) is 24.6. The Bertz CT molecular complexity index is 556. The van der Waals surface area contributed by atoms with Gasteiger partial charge < -0.3 is 15.0 Å². The Morgan fingerprint density at radius 1 is 1.30 bits per heavy atom. The average Bonchev–Trinajstić information content (AvgIpc) is 2.74. The molecule has 0 saturated carbocycles. The van der Waals surface area contributed by atoms with Crippen LogP contribution in [-0.4, -0.2) is 42.1 Å². The Kier molecular flexibility index (Phi) is 6.43. The SMILES string of the molecule is CC(Oc1ccc(Cl)cc1Cl)C(=O)N1C2CCNCC1CC2.Cl. The summed E-state index contributed by atoms with van der Waals surface area (Å²) < 4.78 is 5.78. The number of halogens is 3. The monoisotopic (exact) mass is 378 g/mol. The molecule has 7 heteroatoms. The van der Waals surface area contributed by atoms with Crippen molar-refractivity contribution in [1.82, 2.24) is 10.2 Å². The van der Waals surface area contributed by atoms with Crippen LogP contribution in [0.1, 0.15) is 26.2 Å². The average molecular weight is 380 g/mol. The van der Waals surface area contributed by atoms with Crippen molar-refractivity contribution in [2.45, 2.75) is 44.4 Å². The molecule has 3 atom stereocenters. The highest BCUT2D eigenvalue weighted by Crippen LogP contribution is 2.31. The van der Waals surface area contributed by atoms with E-state index in [9.17, 15) is 4.79 Å². The largest absolute Gasteiger partial charge is 0.479 e. The van der Waals surface area contributed by atoms with Crippen LogP contribution in [0.25, 0.3) is 0 Å². The van der Waals surface area contributed by atoms with Gasteiger partial charge in [-0.25, -0.2) is 0 Å². The van der Waals surface area contributed by atoms with E-state index in [0.717, 1.165) is 32.4 Å². The summed E-state index contributed by atoms with van der Waals surface area (Å²) in [6.45, 7) is 3.63. The molecule has 3 unspecified atom stereocenters. The highest BCUT2D eigenvalue weighted by Gasteiger charge is 2.40. The summed E-state index contributed by atoms with van der Waals surface area (Å²) in [6.07, 6.45) is 2.61. The van der Waals surface area contributed by atoms with Crippen LogP contribution in [0.2, 0.25) is 10.0 Å². The lowest BCUT2D eigenvalue weighted by Crippen LogP contribution is -2.48. The van der Waals surface area contributed by atoms with Gasteiger partial charge in [0.1, 0.15) is 5.75 Å². The number of carbonyl (C=O) groups excluding carboxylic acids is 1. The van der Waals surface area contributed by atoms with Crippen LogP contribution in [0.5, 0.6) is 5.75 Å². The maximum atomic E-state index is 12.8. The van der Waals surface area contributed by atoms with E-state index in [4.69, 9.17) is 27.9 Å². The van der Waals surface area contributed by atoms with Crippen LogP contribution >= 0.6 is 35.6 Å². The zero-order valence-corrected chi connectivity index (χ0v) is 15.3. The van der Waals surface area contributed by atoms with Gasteiger partial charge in [-0.3, -0.25) is 4.79 Å². The molecule has 0 aromatic heterocycles. The number of ether oxygens (including phenoxy) is 1. The predicted molar refractivity (Wildman–Crippen MR) is 94.9 cm³/mol. The van der Waals surface area contributed by atoms with E-state index in [0.29, 0.717) is 21.8 Å². The van der Waals surface area contributed by atoms with Crippen LogP contribution < -0.4 is 10.1 Å². The molecular weight excluding hydrogens is 359 g/mol. The van der Waals surface area contributed by atoms with Gasteiger partial charge in [0.05, 0.1) is 5.02 Å². The highest BCUT2D eigenvalue weighted by atomic mass is 35.5. The van der Waals surface area contributed by atoms with Gasteiger partial charge in [0.15, 0.2) is 6.10 Å². The fourth-order valence-electron chi connectivity index (χ4n) is 3.36. The van der Waals surface area contributed by atoms with Crippen LogP contribution in [0.15, 0.2) is 18.2 Å². The van der Waals surface area contributed by atoms with Crippen molar-refractivity contribution in [3.05, 3.63) is 28.2 Å². The van der Waals surface area contributed by atoms with Crippen LogP contribution in [0.3, 0.4) is 0 Å². The molecule has 0 spiro atoms. The molecule has 0 radical (unpaired) electrons. The second kappa shape index (κ2) is 7.93. The summed E-state index contributed by atoms with van der Waals surface area (Å²) in [5, 5.41) is 4.37. The number of carbonyl (C=O) groups is 1. The number of benzene rings is 1. The second-order valence-electron chi connectivity index (χ2n) is 5.96. The summed E-state index contributed by atoms with van der Waals surface area (Å²) in [7, 11) is 0. The number of fused-ring (bicyclic) bond motifs is 2. The molecule has 128 valence electrons. The second-order valence-corrected chi connectivity index (χ2v) is 6.80. The van der Waals surface area contributed by atoms with Gasteiger partial charge in [0.2, 0.25) is 0 Å². The van der Waals surface area contributed by atoms with Gasteiger partial charge in [-0.1, -0.05) is 23.2 Å². The molecule has 0 aliphatic carbocycles. The van der Waals surface area contributed by atoms with Crippen molar-refractivity contribution >= 4 is 41.5 Å². The molecule has 2 aliphatic heterocycles. The third kappa shape index (κ3) is 4.05. The standard InChI is InChI=1S/C16H20Cl2N2O2.ClH/c1-10(22-15-5-2-11(17)8-14(15)18)16(21)20-12-3-4-13(20)9-19-7-6-12;/h2,5,8,10,12-13,19H,3-4,6-7,9H2,1H3;1H. The summed E-state index contributed by atoms with van der Waals surface area (Å²) in [4.78, 5) is 14.8. The lowest BCUT2D eigenvalue weighted by Gasteiger charge is -2.30. The fourth-order valence-corrected chi connectivity index (χ4v) is 3.82. The molecular formula is C16H21Cl3N2O2. The van der Waals surface area contributed by atoms with E-state index in [-0.39, 0.29) is 24.4 Å². The molecule has 1 amide bonds. The van der Waals surface area contributed by atoms with Crippen LogP contribution in [0.4, 0.5) is 0 Å². The van der Waals surface area contributed by atoms with Crippen molar-refractivity contribution in [2.75, 3.05) is 13.1 Å². The lowest BCUT2D eigenvalue weighted by atomic mass is 10.1. The first-order chi connectivity index (χ1) is 10.6. The van der Waals surface area contributed by atoms with Gasteiger partial charge in [0.25, 0.3) is 5.91 Å². The highest BCUT2D eigenvalue weighted by molar-refractivity contribution is 6.35. The molecule has 23 heavy (non-hydrogen) atoms. The molecule has 2 saturated heterocycles. The van der Waals surface area contributed by atoms with Crippen LogP contribution in [0, 0.1) is 0 Å². The van der Waals surface area contributed by atoms with Gasteiger partial charge in [-0.2, -0.15) is 0 Å². The van der Waals surface area contributed by atoms with Crippen molar-refractivity contribution < 1.29 is 9.53 Å². The quantitative estimate of drug-likeness (QED) is 0.873. The number of hydrogen-bond acceptors (Lipinski definition) is 3. The minimum atomic E-state index is -0.556. The Hall–Kier alpha value is -0.680. The maximum absolute atomic E-state index is 12.8. The van der Waals surface area contributed by atoms with Crippen molar-refractivity contribution in [3.8, 4) is 5.75 Å². The summed E-state index contributed by atoms with van der Waals surface area (Å²) in [6, 6.07) is 5.65. The predicted octanol–water partition coefficient (Wildman–Crippen LogP) is 3.54. The Morgan fingerprint density at radius 2 is 2.04 bits per heavy atom. The Balaban J connectivity index is 0.00000192. The summed E-state index contributed by atoms with van der Waals surface area (Å²) in [5.74, 6) is 0.537. The maximum Gasteiger partial charge on any atom is 0.263 e.